The highest BCUT2D eigenvalue weighted by Gasteiger charge is 2.40. The third-order valence-corrected chi connectivity index (χ3v) is 4.72. The molecule has 2 saturated carbocycles. The summed E-state index contributed by atoms with van der Waals surface area (Å²) in [5.74, 6) is 1.74. The van der Waals surface area contributed by atoms with Crippen LogP contribution >= 0.6 is 0 Å². The van der Waals surface area contributed by atoms with Crippen LogP contribution in [0.4, 0.5) is 0 Å². The van der Waals surface area contributed by atoms with E-state index >= 15 is 0 Å². The fourth-order valence-electron chi connectivity index (χ4n) is 3.08. The van der Waals surface area contributed by atoms with Gasteiger partial charge in [0, 0.05) is 19.1 Å². The summed E-state index contributed by atoms with van der Waals surface area (Å²) >= 11 is 0. The zero-order valence-electron chi connectivity index (χ0n) is 11.2. The van der Waals surface area contributed by atoms with Crippen LogP contribution in [0, 0.1) is 17.3 Å². The van der Waals surface area contributed by atoms with Crippen LogP contribution in [0.3, 0.4) is 0 Å². The summed E-state index contributed by atoms with van der Waals surface area (Å²) < 4.78 is 0. The normalized spacial score (nSPS) is 33.6. The standard InChI is InChI=1S/C14H28N2/c1-4-16(9-11-5-6-11)10-12-7-8-14(2,3)13(12)15/h11-13H,4-10,15H2,1-3H3. The van der Waals surface area contributed by atoms with Gasteiger partial charge in [0.15, 0.2) is 0 Å². The lowest BCUT2D eigenvalue weighted by Gasteiger charge is -2.30. The van der Waals surface area contributed by atoms with Crippen molar-refractivity contribution in [1.29, 1.82) is 0 Å². The van der Waals surface area contributed by atoms with E-state index in [0.717, 1.165) is 11.8 Å². The molecule has 2 aliphatic rings. The van der Waals surface area contributed by atoms with E-state index in [-0.39, 0.29) is 0 Å². The Bertz CT molecular complexity index is 233. The molecule has 2 nitrogen and oxygen atoms in total. The minimum absolute atomic E-state index is 0.365. The number of nitrogens with two attached hydrogens (primary N) is 1. The van der Waals surface area contributed by atoms with Crippen molar-refractivity contribution in [2.75, 3.05) is 19.6 Å². The average molecular weight is 224 g/mol. The van der Waals surface area contributed by atoms with Crippen LogP contribution < -0.4 is 5.73 Å². The second-order valence-electron chi connectivity index (χ2n) is 6.61. The molecule has 16 heavy (non-hydrogen) atoms. The molecular formula is C14H28N2. The Kier molecular flexibility index (Phi) is 3.60. The Morgan fingerprint density at radius 2 is 1.88 bits per heavy atom. The molecule has 0 aromatic carbocycles. The zero-order chi connectivity index (χ0) is 11.8. The van der Waals surface area contributed by atoms with Crippen LogP contribution in [0.15, 0.2) is 0 Å². The lowest BCUT2D eigenvalue weighted by molar-refractivity contribution is 0.205. The van der Waals surface area contributed by atoms with Gasteiger partial charge in [-0.25, -0.2) is 0 Å². The zero-order valence-corrected chi connectivity index (χ0v) is 11.2. The quantitative estimate of drug-likeness (QED) is 0.777. The molecule has 0 bridgehead atoms. The predicted octanol–water partition coefficient (Wildman–Crippen LogP) is 2.48. The van der Waals surface area contributed by atoms with Gasteiger partial charge in [-0.05, 0) is 49.5 Å². The van der Waals surface area contributed by atoms with E-state index < -0.39 is 0 Å². The van der Waals surface area contributed by atoms with Crippen molar-refractivity contribution in [1.82, 2.24) is 4.90 Å². The van der Waals surface area contributed by atoms with Gasteiger partial charge in [-0.1, -0.05) is 20.8 Å². The lowest BCUT2D eigenvalue weighted by Crippen LogP contribution is -2.42. The van der Waals surface area contributed by atoms with Crippen molar-refractivity contribution in [3.05, 3.63) is 0 Å². The summed E-state index contributed by atoms with van der Waals surface area (Å²) in [4.78, 5) is 2.63. The van der Waals surface area contributed by atoms with Crippen LogP contribution in [0.2, 0.25) is 0 Å². The van der Waals surface area contributed by atoms with E-state index in [2.05, 4.69) is 25.7 Å². The Hall–Kier alpha value is -0.0800. The second-order valence-corrected chi connectivity index (χ2v) is 6.61. The molecule has 2 N–H and O–H groups in total. The first-order chi connectivity index (χ1) is 7.53. The first kappa shape index (κ1) is 12.4. The van der Waals surface area contributed by atoms with Crippen LogP contribution in [-0.2, 0) is 0 Å². The highest BCUT2D eigenvalue weighted by molar-refractivity contribution is 4.95. The molecule has 0 saturated heterocycles. The molecule has 0 spiro atoms. The number of rotatable bonds is 5. The van der Waals surface area contributed by atoms with Gasteiger partial charge in [-0.3, -0.25) is 0 Å². The van der Waals surface area contributed by atoms with Crippen molar-refractivity contribution in [3.63, 3.8) is 0 Å². The molecule has 0 aliphatic heterocycles. The van der Waals surface area contributed by atoms with Crippen LogP contribution in [0.5, 0.6) is 0 Å². The number of hydrogen-bond donors (Lipinski definition) is 1. The average Bonchev–Trinajstić information content (AvgIpc) is 3.01. The first-order valence-electron chi connectivity index (χ1n) is 7.01. The smallest absolute Gasteiger partial charge is 0.0131 e. The molecule has 94 valence electrons. The molecular weight excluding hydrogens is 196 g/mol. The molecule has 2 rings (SSSR count). The highest BCUT2D eigenvalue weighted by Crippen LogP contribution is 2.40. The third kappa shape index (κ3) is 2.78. The van der Waals surface area contributed by atoms with E-state index in [4.69, 9.17) is 5.73 Å². The molecule has 0 aromatic rings. The molecule has 0 radical (unpaired) electrons. The van der Waals surface area contributed by atoms with E-state index in [0.29, 0.717) is 11.5 Å². The molecule has 2 unspecified atom stereocenters. The Labute approximate surface area is 101 Å². The van der Waals surface area contributed by atoms with Crippen molar-refractivity contribution in [3.8, 4) is 0 Å². The molecule has 0 heterocycles. The van der Waals surface area contributed by atoms with Gasteiger partial charge in [0.05, 0.1) is 0 Å². The van der Waals surface area contributed by atoms with Gasteiger partial charge in [0.1, 0.15) is 0 Å². The minimum Gasteiger partial charge on any atom is -0.327 e. The van der Waals surface area contributed by atoms with Crippen molar-refractivity contribution in [2.24, 2.45) is 23.0 Å². The van der Waals surface area contributed by atoms with E-state index in [1.54, 1.807) is 0 Å². The predicted molar refractivity (Wildman–Crippen MR) is 69.3 cm³/mol. The second kappa shape index (κ2) is 4.66. The van der Waals surface area contributed by atoms with Crippen molar-refractivity contribution in [2.45, 2.75) is 52.5 Å². The summed E-state index contributed by atoms with van der Waals surface area (Å²) in [6.07, 6.45) is 5.55. The van der Waals surface area contributed by atoms with Gasteiger partial charge in [0.25, 0.3) is 0 Å². The molecule has 2 fully saturated rings. The van der Waals surface area contributed by atoms with Gasteiger partial charge in [0.2, 0.25) is 0 Å². The molecule has 0 aromatic heterocycles. The SMILES string of the molecule is CCN(CC1CC1)CC1CCC(C)(C)C1N. The van der Waals surface area contributed by atoms with Crippen molar-refractivity contribution < 1.29 is 0 Å². The molecule has 2 heteroatoms. The fraction of sp³-hybridized carbons (Fsp3) is 1.00. The van der Waals surface area contributed by atoms with Crippen LogP contribution in [0.1, 0.15) is 46.5 Å². The summed E-state index contributed by atoms with van der Waals surface area (Å²) in [5.41, 5.74) is 6.74. The summed E-state index contributed by atoms with van der Waals surface area (Å²) in [5, 5.41) is 0. The van der Waals surface area contributed by atoms with Crippen molar-refractivity contribution >= 4 is 0 Å². The van der Waals surface area contributed by atoms with Gasteiger partial charge >= 0.3 is 0 Å². The summed E-state index contributed by atoms with van der Waals surface area (Å²) in [6.45, 7) is 10.7. The Balaban J connectivity index is 1.83. The molecule has 0 amide bonds. The largest absolute Gasteiger partial charge is 0.327 e. The maximum Gasteiger partial charge on any atom is 0.0131 e. The first-order valence-corrected chi connectivity index (χ1v) is 7.01. The highest BCUT2D eigenvalue weighted by atomic mass is 15.1. The van der Waals surface area contributed by atoms with Gasteiger partial charge in [-0.15, -0.1) is 0 Å². The molecule has 2 atom stereocenters. The Morgan fingerprint density at radius 3 is 2.31 bits per heavy atom. The summed E-state index contributed by atoms with van der Waals surface area (Å²) in [6, 6.07) is 0.403. The van der Waals surface area contributed by atoms with E-state index in [9.17, 15) is 0 Å². The topological polar surface area (TPSA) is 29.3 Å². The lowest BCUT2D eigenvalue weighted by atomic mass is 9.85. The third-order valence-electron chi connectivity index (χ3n) is 4.72. The van der Waals surface area contributed by atoms with E-state index in [1.807, 2.05) is 0 Å². The minimum atomic E-state index is 0.365. The molecule has 2 aliphatic carbocycles. The number of hydrogen-bond acceptors (Lipinski definition) is 2. The van der Waals surface area contributed by atoms with Gasteiger partial charge < -0.3 is 10.6 Å². The maximum atomic E-state index is 6.38. The van der Waals surface area contributed by atoms with E-state index in [1.165, 1.54) is 45.3 Å². The van der Waals surface area contributed by atoms with Crippen LogP contribution in [0.25, 0.3) is 0 Å². The fourth-order valence-corrected chi connectivity index (χ4v) is 3.08. The number of nitrogens with zero attached hydrogens (tertiary/aromatic N) is 1. The van der Waals surface area contributed by atoms with Crippen LogP contribution in [-0.4, -0.2) is 30.6 Å². The van der Waals surface area contributed by atoms with Gasteiger partial charge in [-0.2, -0.15) is 0 Å². The monoisotopic (exact) mass is 224 g/mol. The maximum absolute atomic E-state index is 6.38. The Morgan fingerprint density at radius 1 is 1.19 bits per heavy atom. The summed E-state index contributed by atoms with van der Waals surface area (Å²) in [7, 11) is 0.